The van der Waals surface area contributed by atoms with Gasteiger partial charge in [-0.2, -0.15) is 0 Å². The zero-order valence-electron chi connectivity index (χ0n) is 13.4. The molecule has 1 aromatic carbocycles. The van der Waals surface area contributed by atoms with E-state index < -0.39 is 0 Å². The Hall–Kier alpha value is -1.85. The lowest BCUT2D eigenvalue weighted by molar-refractivity contribution is 0.0526. The lowest BCUT2D eigenvalue weighted by Gasteiger charge is -2.12. The maximum Gasteiger partial charge on any atom is 0.341 e. The number of hydrogen-bond acceptors (Lipinski definition) is 4. The quantitative estimate of drug-likeness (QED) is 0.800. The van der Waals surface area contributed by atoms with Crippen molar-refractivity contribution < 1.29 is 14.3 Å². The molecule has 0 saturated carbocycles. The van der Waals surface area contributed by atoms with Gasteiger partial charge in [-0.3, -0.25) is 4.79 Å². The first-order valence-electron chi connectivity index (χ1n) is 7.98. The summed E-state index contributed by atoms with van der Waals surface area (Å²) in [5, 5.41) is 3.94. The summed E-state index contributed by atoms with van der Waals surface area (Å²) in [5.41, 5.74) is 2.02. The molecule has 1 aromatic heterocycles. The molecule has 0 radical (unpaired) electrons. The van der Waals surface area contributed by atoms with Crippen molar-refractivity contribution in [2.45, 2.75) is 32.6 Å². The Morgan fingerprint density at radius 1 is 1.29 bits per heavy atom. The molecule has 0 unspecified atom stereocenters. The average molecular weight is 364 g/mol. The fraction of sp³-hybridized carbons (Fsp3) is 0.333. The first kappa shape index (κ1) is 17.0. The van der Waals surface area contributed by atoms with Crippen LogP contribution >= 0.6 is 22.9 Å². The molecule has 1 aliphatic carbocycles. The number of benzene rings is 1. The average Bonchev–Trinajstić information content (AvgIpc) is 2.93. The Labute approximate surface area is 149 Å². The van der Waals surface area contributed by atoms with Gasteiger partial charge in [-0.15, -0.1) is 11.3 Å². The second kappa shape index (κ2) is 7.36. The highest BCUT2D eigenvalue weighted by Crippen LogP contribution is 2.38. The summed E-state index contributed by atoms with van der Waals surface area (Å²) in [6.45, 7) is 2.09. The highest BCUT2D eigenvalue weighted by molar-refractivity contribution is 7.17. The van der Waals surface area contributed by atoms with Crippen LogP contribution in [-0.2, 0) is 17.6 Å². The summed E-state index contributed by atoms with van der Waals surface area (Å²) < 4.78 is 5.19. The van der Waals surface area contributed by atoms with Gasteiger partial charge in [-0.1, -0.05) is 17.7 Å². The predicted octanol–water partition coefficient (Wildman–Crippen LogP) is 4.71. The van der Waals surface area contributed by atoms with Gasteiger partial charge >= 0.3 is 5.97 Å². The summed E-state index contributed by atoms with van der Waals surface area (Å²) in [6, 6.07) is 6.74. The van der Waals surface area contributed by atoms with Crippen molar-refractivity contribution in [3.63, 3.8) is 0 Å². The van der Waals surface area contributed by atoms with E-state index in [1.54, 1.807) is 31.2 Å². The number of carbonyl (C=O) groups is 2. The minimum atomic E-state index is -0.363. The first-order valence-corrected chi connectivity index (χ1v) is 9.18. The molecular weight excluding hydrogens is 346 g/mol. The van der Waals surface area contributed by atoms with Crippen molar-refractivity contribution in [1.29, 1.82) is 0 Å². The molecule has 0 bridgehead atoms. The molecule has 6 heteroatoms. The lowest BCUT2D eigenvalue weighted by Crippen LogP contribution is -2.15. The van der Waals surface area contributed by atoms with Crippen LogP contribution in [0, 0.1) is 0 Å². The summed E-state index contributed by atoms with van der Waals surface area (Å²) in [4.78, 5) is 26.1. The van der Waals surface area contributed by atoms with E-state index in [2.05, 4.69) is 5.32 Å². The normalized spacial score (nSPS) is 13.2. The van der Waals surface area contributed by atoms with Crippen LogP contribution in [0.4, 0.5) is 5.00 Å². The molecule has 3 rings (SSSR count). The van der Waals surface area contributed by atoms with Crippen LogP contribution in [0.3, 0.4) is 0 Å². The van der Waals surface area contributed by atoms with E-state index in [0.717, 1.165) is 31.2 Å². The van der Waals surface area contributed by atoms with Gasteiger partial charge in [0.25, 0.3) is 5.91 Å². The first-order chi connectivity index (χ1) is 11.6. The maximum atomic E-state index is 12.5. The van der Waals surface area contributed by atoms with Crippen LogP contribution in [0.2, 0.25) is 5.02 Å². The molecule has 1 N–H and O–H groups in total. The zero-order valence-corrected chi connectivity index (χ0v) is 14.9. The summed E-state index contributed by atoms with van der Waals surface area (Å²) >= 11 is 7.42. The number of fused-ring (bicyclic) bond motifs is 1. The number of aryl methyl sites for hydroxylation is 1. The number of anilines is 1. The molecule has 2 aromatic rings. The minimum Gasteiger partial charge on any atom is -0.462 e. The molecule has 0 atom stereocenters. The van der Waals surface area contributed by atoms with Crippen molar-refractivity contribution in [3.05, 3.63) is 50.9 Å². The van der Waals surface area contributed by atoms with Crippen molar-refractivity contribution in [2.24, 2.45) is 0 Å². The van der Waals surface area contributed by atoms with Crippen molar-refractivity contribution in [2.75, 3.05) is 11.9 Å². The monoisotopic (exact) mass is 363 g/mol. The van der Waals surface area contributed by atoms with E-state index in [0.29, 0.717) is 27.8 Å². The topological polar surface area (TPSA) is 55.4 Å². The van der Waals surface area contributed by atoms with Crippen molar-refractivity contribution in [3.8, 4) is 0 Å². The van der Waals surface area contributed by atoms with Gasteiger partial charge in [-0.05, 0) is 56.4 Å². The third kappa shape index (κ3) is 3.47. The molecule has 1 heterocycles. The summed E-state index contributed by atoms with van der Waals surface area (Å²) in [7, 11) is 0. The second-order valence-electron chi connectivity index (χ2n) is 5.60. The number of ether oxygens (including phenoxy) is 1. The molecule has 126 valence electrons. The number of halogens is 1. The van der Waals surface area contributed by atoms with Gasteiger partial charge in [-0.25, -0.2) is 4.79 Å². The number of rotatable bonds is 4. The fourth-order valence-electron chi connectivity index (χ4n) is 2.88. The third-order valence-electron chi connectivity index (χ3n) is 3.96. The molecular formula is C18H18ClNO3S. The van der Waals surface area contributed by atoms with Gasteiger partial charge in [0.05, 0.1) is 12.2 Å². The van der Waals surface area contributed by atoms with E-state index >= 15 is 0 Å². The molecule has 0 aliphatic heterocycles. The fourth-order valence-corrected chi connectivity index (χ4v) is 4.34. The number of esters is 1. The predicted molar refractivity (Wildman–Crippen MR) is 96.3 cm³/mol. The molecule has 0 spiro atoms. The number of carbonyl (C=O) groups excluding carboxylic acids is 2. The number of nitrogens with one attached hydrogen (secondary N) is 1. The molecule has 4 nitrogen and oxygen atoms in total. The highest BCUT2D eigenvalue weighted by atomic mass is 35.5. The molecule has 1 amide bonds. The van der Waals surface area contributed by atoms with Crippen LogP contribution < -0.4 is 5.32 Å². The van der Waals surface area contributed by atoms with Crippen LogP contribution in [0.15, 0.2) is 24.3 Å². The van der Waals surface area contributed by atoms with E-state index in [4.69, 9.17) is 16.3 Å². The van der Waals surface area contributed by atoms with Gasteiger partial charge in [0.1, 0.15) is 5.00 Å². The smallest absolute Gasteiger partial charge is 0.341 e. The molecule has 24 heavy (non-hydrogen) atoms. The SMILES string of the molecule is CCOC(=O)c1c(NC(=O)c2cccc(Cl)c2)sc2c1CCCC2. The van der Waals surface area contributed by atoms with Crippen molar-refractivity contribution >= 4 is 39.8 Å². The maximum absolute atomic E-state index is 12.5. The van der Waals surface area contributed by atoms with Crippen molar-refractivity contribution in [1.82, 2.24) is 0 Å². The zero-order chi connectivity index (χ0) is 17.1. The van der Waals surface area contributed by atoms with Gasteiger partial charge in [0.2, 0.25) is 0 Å². The van der Waals surface area contributed by atoms with Gasteiger partial charge in [0.15, 0.2) is 0 Å². The molecule has 1 aliphatic rings. The van der Waals surface area contributed by atoms with Crippen LogP contribution in [0.1, 0.15) is 50.9 Å². The Morgan fingerprint density at radius 3 is 2.83 bits per heavy atom. The Morgan fingerprint density at radius 2 is 2.08 bits per heavy atom. The lowest BCUT2D eigenvalue weighted by atomic mass is 9.95. The summed E-state index contributed by atoms with van der Waals surface area (Å²) in [6.07, 6.45) is 3.96. The van der Waals surface area contributed by atoms with Crippen LogP contribution in [-0.4, -0.2) is 18.5 Å². The Balaban J connectivity index is 1.93. The van der Waals surface area contributed by atoms with Gasteiger partial charge in [0, 0.05) is 15.5 Å². The van der Waals surface area contributed by atoms with E-state index in [1.807, 2.05) is 0 Å². The number of amides is 1. The minimum absolute atomic E-state index is 0.276. The highest BCUT2D eigenvalue weighted by Gasteiger charge is 2.27. The Bertz CT molecular complexity index is 785. The Kier molecular flexibility index (Phi) is 5.21. The standard InChI is InChI=1S/C18H18ClNO3S/c1-2-23-18(22)15-13-8-3-4-9-14(13)24-17(15)20-16(21)11-6-5-7-12(19)10-11/h5-7,10H,2-4,8-9H2,1H3,(H,20,21). The largest absolute Gasteiger partial charge is 0.462 e. The second-order valence-corrected chi connectivity index (χ2v) is 7.14. The van der Waals surface area contributed by atoms with Gasteiger partial charge < -0.3 is 10.1 Å². The van der Waals surface area contributed by atoms with E-state index in [9.17, 15) is 9.59 Å². The van der Waals surface area contributed by atoms with E-state index in [1.165, 1.54) is 16.2 Å². The third-order valence-corrected chi connectivity index (χ3v) is 5.41. The van der Waals surface area contributed by atoms with E-state index in [-0.39, 0.29) is 11.9 Å². The van der Waals surface area contributed by atoms with Crippen LogP contribution in [0.5, 0.6) is 0 Å². The molecule has 0 fully saturated rings. The number of hydrogen-bond donors (Lipinski definition) is 1. The summed E-state index contributed by atoms with van der Waals surface area (Å²) in [5.74, 6) is -0.639. The molecule has 0 saturated heterocycles. The van der Waals surface area contributed by atoms with Crippen LogP contribution in [0.25, 0.3) is 0 Å². The number of thiophene rings is 1.